The van der Waals surface area contributed by atoms with Gasteiger partial charge in [-0.25, -0.2) is 4.98 Å². The molecule has 7 nitrogen and oxygen atoms in total. The number of likely N-dealkylation sites (N-methyl/N-ethyl adjacent to an activating group) is 1. The smallest absolute Gasteiger partial charge is 0.328 e. The van der Waals surface area contributed by atoms with E-state index in [1.54, 1.807) is 6.07 Å². The van der Waals surface area contributed by atoms with E-state index in [0.717, 1.165) is 31.9 Å². The number of hydrogen-bond donors (Lipinski definition) is 2. The summed E-state index contributed by atoms with van der Waals surface area (Å²) in [6.45, 7) is 3.85. The molecular formula is C12H16N4O3S. The lowest BCUT2D eigenvalue weighted by atomic mass is 10.2. The predicted molar refractivity (Wildman–Crippen MR) is 75.6 cm³/mol. The highest BCUT2D eigenvalue weighted by Crippen LogP contribution is 2.22. The Bertz CT molecular complexity index is 732. The Morgan fingerprint density at radius 1 is 1.25 bits per heavy atom. The average molecular weight is 296 g/mol. The molecule has 1 aliphatic rings. The fourth-order valence-electron chi connectivity index (χ4n) is 2.35. The van der Waals surface area contributed by atoms with Crippen molar-refractivity contribution in [1.82, 2.24) is 14.9 Å². The molecule has 2 aromatic rings. The number of rotatable bonds is 2. The van der Waals surface area contributed by atoms with Crippen LogP contribution in [-0.2, 0) is 10.1 Å². The minimum atomic E-state index is -4.30. The highest BCUT2D eigenvalue weighted by molar-refractivity contribution is 7.85. The predicted octanol–water partition coefficient (Wildman–Crippen LogP) is 0.561. The Morgan fingerprint density at radius 3 is 2.60 bits per heavy atom. The molecule has 1 aromatic heterocycles. The number of nitrogens with zero attached hydrogens (tertiary/aromatic N) is 3. The molecule has 0 spiro atoms. The number of imidazole rings is 1. The van der Waals surface area contributed by atoms with Gasteiger partial charge in [0.1, 0.15) is 0 Å². The van der Waals surface area contributed by atoms with E-state index in [0.29, 0.717) is 11.0 Å². The third kappa shape index (κ3) is 2.49. The van der Waals surface area contributed by atoms with Crippen molar-refractivity contribution in [3.05, 3.63) is 18.2 Å². The fourth-order valence-corrected chi connectivity index (χ4v) is 2.81. The molecule has 1 aromatic carbocycles. The van der Waals surface area contributed by atoms with Crippen molar-refractivity contribution >= 4 is 26.8 Å². The van der Waals surface area contributed by atoms with E-state index in [1.807, 2.05) is 12.1 Å². The summed E-state index contributed by atoms with van der Waals surface area (Å²) in [7, 11) is -2.21. The maximum absolute atomic E-state index is 11.1. The van der Waals surface area contributed by atoms with Crippen LogP contribution in [0.25, 0.3) is 11.0 Å². The summed E-state index contributed by atoms with van der Waals surface area (Å²) in [5.74, 6) is 0. The molecule has 2 heterocycles. The third-order valence-electron chi connectivity index (χ3n) is 3.56. The van der Waals surface area contributed by atoms with Gasteiger partial charge in [-0.1, -0.05) is 0 Å². The minimum absolute atomic E-state index is 0.414. The molecule has 8 heteroatoms. The lowest BCUT2D eigenvalue weighted by molar-refractivity contribution is 0.313. The van der Waals surface area contributed by atoms with Crippen molar-refractivity contribution in [1.29, 1.82) is 0 Å². The first-order valence-corrected chi connectivity index (χ1v) is 7.78. The van der Waals surface area contributed by atoms with Crippen LogP contribution in [0.3, 0.4) is 0 Å². The summed E-state index contributed by atoms with van der Waals surface area (Å²) in [6.07, 6.45) is 0. The van der Waals surface area contributed by atoms with E-state index in [1.165, 1.54) is 0 Å². The van der Waals surface area contributed by atoms with E-state index in [-0.39, 0.29) is 0 Å². The Labute approximate surface area is 117 Å². The molecule has 0 bridgehead atoms. The van der Waals surface area contributed by atoms with Crippen molar-refractivity contribution in [3.63, 3.8) is 0 Å². The maximum Gasteiger partial charge on any atom is 0.328 e. The van der Waals surface area contributed by atoms with Crippen molar-refractivity contribution in [3.8, 4) is 0 Å². The molecule has 20 heavy (non-hydrogen) atoms. The Morgan fingerprint density at radius 2 is 1.95 bits per heavy atom. The fraction of sp³-hybridized carbons (Fsp3) is 0.417. The van der Waals surface area contributed by atoms with E-state index >= 15 is 0 Å². The van der Waals surface area contributed by atoms with Crippen molar-refractivity contribution < 1.29 is 13.0 Å². The zero-order chi connectivity index (χ0) is 14.3. The number of aromatic amines is 1. The summed E-state index contributed by atoms with van der Waals surface area (Å²) < 4.78 is 31.1. The molecule has 1 aliphatic heterocycles. The number of anilines is 1. The van der Waals surface area contributed by atoms with Gasteiger partial charge in [-0.3, -0.25) is 4.55 Å². The van der Waals surface area contributed by atoms with Crippen LogP contribution in [0.5, 0.6) is 0 Å². The molecule has 0 unspecified atom stereocenters. The first kappa shape index (κ1) is 13.3. The lowest BCUT2D eigenvalue weighted by Gasteiger charge is -2.34. The molecule has 0 saturated carbocycles. The van der Waals surface area contributed by atoms with E-state index in [9.17, 15) is 8.42 Å². The first-order valence-electron chi connectivity index (χ1n) is 6.34. The minimum Gasteiger partial charge on any atom is -0.369 e. The molecule has 1 saturated heterocycles. The Balaban J connectivity index is 1.94. The number of piperazine rings is 1. The van der Waals surface area contributed by atoms with Crippen LogP contribution in [0.1, 0.15) is 0 Å². The number of nitrogens with one attached hydrogen (secondary N) is 1. The molecule has 0 radical (unpaired) electrons. The number of aromatic nitrogens is 2. The molecule has 0 atom stereocenters. The molecule has 0 aliphatic carbocycles. The summed E-state index contributed by atoms with van der Waals surface area (Å²) >= 11 is 0. The lowest BCUT2D eigenvalue weighted by Crippen LogP contribution is -2.44. The van der Waals surface area contributed by atoms with Crippen molar-refractivity contribution in [2.45, 2.75) is 5.16 Å². The topological polar surface area (TPSA) is 89.5 Å². The Hall–Kier alpha value is -1.64. The number of H-pyrrole nitrogens is 1. The van der Waals surface area contributed by atoms with Gasteiger partial charge in [0.05, 0.1) is 11.0 Å². The van der Waals surface area contributed by atoms with Gasteiger partial charge in [0.2, 0.25) is 0 Å². The number of hydrogen-bond acceptors (Lipinski definition) is 5. The van der Waals surface area contributed by atoms with Crippen LogP contribution in [-0.4, -0.2) is 61.1 Å². The molecule has 108 valence electrons. The summed E-state index contributed by atoms with van der Waals surface area (Å²) in [6, 6.07) is 5.55. The van der Waals surface area contributed by atoms with Crippen LogP contribution in [0.4, 0.5) is 5.69 Å². The maximum atomic E-state index is 11.1. The van der Waals surface area contributed by atoms with E-state index in [4.69, 9.17) is 4.55 Å². The van der Waals surface area contributed by atoms with Crippen molar-refractivity contribution in [2.75, 3.05) is 38.1 Å². The van der Waals surface area contributed by atoms with E-state index < -0.39 is 15.3 Å². The number of fused-ring (bicyclic) bond motifs is 1. The van der Waals surface area contributed by atoms with Crippen LogP contribution in [0.15, 0.2) is 23.4 Å². The molecule has 0 amide bonds. The van der Waals surface area contributed by atoms with Gasteiger partial charge in [-0.05, 0) is 25.2 Å². The second kappa shape index (κ2) is 4.72. The average Bonchev–Trinajstić information content (AvgIpc) is 2.82. The summed E-state index contributed by atoms with van der Waals surface area (Å²) in [5.41, 5.74) is 2.14. The normalized spacial score (nSPS) is 17.8. The van der Waals surface area contributed by atoms with Gasteiger partial charge in [0.25, 0.3) is 5.16 Å². The van der Waals surface area contributed by atoms with Gasteiger partial charge >= 0.3 is 10.1 Å². The first-order chi connectivity index (χ1) is 9.43. The van der Waals surface area contributed by atoms with Gasteiger partial charge < -0.3 is 14.8 Å². The Kier molecular flexibility index (Phi) is 3.15. The molecule has 1 fully saturated rings. The van der Waals surface area contributed by atoms with Gasteiger partial charge in [0.15, 0.2) is 0 Å². The van der Waals surface area contributed by atoms with Crippen LogP contribution >= 0.6 is 0 Å². The monoisotopic (exact) mass is 296 g/mol. The highest BCUT2D eigenvalue weighted by Gasteiger charge is 2.18. The SMILES string of the molecule is CN1CCN(c2ccc3[nH]c(S(=O)(=O)O)nc3c2)CC1. The van der Waals surface area contributed by atoms with Gasteiger partial charge in [-0.15, -0.1) is 0 Å². The van der Waals surface area contributed by atoms with Crippen LogP contribution in [0, 0.1) is 0 Å². The van der Waals surface area contributed by atoms with Crippen LogP contribution < -0.4 is 4.90 Å². The quantitative estimate of drug-likeness (QED) is 0.787. The molecule has 3 rings (SSSR count). The zero-order valence-corrected chi connectivity index (χ0v) is 11.9. The number of benzene rings is 1. The van der Waals surface area contributed by atoms with Crippen molar-refractivity contribution in [2.24, 2.45) is 0 Å². The van der Waals surface area contributed by atoms with Crippen LogP contribution in [0.2, 0.25) is 0 Å². The summed E-state index contributed by atoms with van der Waals surface area (Å²) in [4.78, 5) is 11.0. The summed E-state index contributed by atoms with van der Waals surface area (Å²) in [5, 5.41) is -0.414. The van der Waals surface area contributed by atoms with E-state index in [2.05, 4.69) is 26.8 Å². The highest BCUT2D eigenvalue weighted by atomic mass is 32.2. The van der Waals surface area contributed by atoms with Gasteiger partial charge in [0, 0.05) is 31.9 Å². The standard InChI is InChI=1S/C12H16N4O3S/c1-15-4-6-16(7-5-15)9-2-3-10-11(8-9)14-12(13-10)20(17,18)19/h2-3,8H,4-7H2,1H3,(H,13,14)(H,17,18,19). The second-order valence-electron chi connectivity index (χ2n) is 5.01. The second-order valence-corrected chi connectivity index (χ2v) is 6.35. The zero-order valence-electron chi connectivity index (χ0n) is 11.1. The largest absolute Gasteiger partial charge is 0.369 e. The third-order valence-corrected chi connectivity index (χ3v) is 4.24. The molecule has 2 N–H and O–H groups in total. The molecular weight excluding hydrogens is 280 g/mol. The van der Waals surface area contributed by atoms with Gasteiger partial charge in [-0.2, -0.15) is 8.42 Å².